The van der Waals surface area contributed by atoms with Gasteiger partial charge in [-0.25, -0.2) is 0 Å². The van der Waals surface area contributed by atoms with Crippen LogP contribution in [0.15, 0.2) is 182 Å². The van der Waals surface area contributed by atoms with E-state index in [-0.39, 0.29) is 0 Å². The predicted molar refractivity (Wildman–Crippen MR) is 244 cm³/mol. The molecule has 10 rings (SSSR count). The van der Waals surface area contributed by atoms with Gasteiger partial charge in [0.15, 0.2) is 0 Å². The zero-order valence-electron chi connectivity index (χ0n) is 33.2. The molecule has 0 unspecified atom stereocenters. The predicted octanol–water partition coefficient (Wildman–Crippen LogP) is 15.6. The second-order valence-electron chi connectivity index (χ2n) is 13.9. The molecule has 0 bridgehead atoms. The van der Waals surface area contributed by atoms with E-state index in [1.807, 2.05) is 27.7 Å². The first-order valence-electron chi connectivity index (χ1n) is 20.0. The Labute approximate surface area is 330 Å². The molecular weight excluding hydrogens is 677 g/mol. The van der Waals surface area contributed by atoms with E-state index in [0.29, 0.717) is 0 Å². The zero-order valence-corrected chi connectivity index (χ0v) is 33.2. The fraction of sp³-hybridized carbons (Fsp3) is 0.111. The molecule has 0 fully saturated rings. The monoisotopic (exact) mass is 724 g/mol. The van der Waals surface area contributed by atoms with Crippen molar-refractivity contribution in [2.75, 3.05) is 0 Å². The van der Waals surface area contributed by atoms with Crippen LogP contribution in [0.3, 0.4) is 0 Å². The van der Waals surface area contributed by atoms with Crippen LogP contribution in [0.4, 0.5) is 0 Å². The van der Waals surface area contributed by atoms with E-state index in [9.17, 15) is 0 Å². The maximum Gasteiger partial charge on any atom is 0.0619 e. The van der Waals surface area contributed by atoms with Crippen LogP contribution in [0.2, 0.25) is 0 Å². The number of hydrogen-bond donors (Lipinski definition) is 0. The lowest BCUT2D eigenvalue weighted by atomic mass is 9.96. The van der Waals surface area contributed by atoms with E-state index in [2.05, 4.69) is 205 Å². The summed E-state index contributed by atoms with van der Waals surface area (Å²) in [5.74, 6) is 0. The van der Waals surface area contributed by atoms with Crippen LogP contribution >= 0.6 is 0 Å². The first-order chi connectivity index (χ1) is 27.6. The standard InChI is InChI=1S/C50H36N2.2C2H6/c1-33-10-6-8-14-43(33)46-32-42(22-16-34(46)2)51-29-28-40-30-38(20-26-48(40)51)39-21-27-49-47(31-39)45-25-19-37-13-7-9-15-44(37)50(45)52(49)41-23-17-36(18-24-41)35-11-4-3-5-12-35;2*1-2/h3-32H,1-2H3;2*1-2H3. The molecule has 2 aromatic heterocycles. The van der Waals surface area contributed by atoms with Gasteiger partial charge in [0, 0.05) is 39.1 Å². The molecule has 8 aromatic carbocycles. The lowest BCUT2D eigenvalue weighted by Crippen LogP contribution is -1.95. The van der Waals surface area contributed by atoms with Crippen LogP contribution in [-0.4, -0.2) is 9.13 Å². The highest BCUT2D eigenvalue weighted by Gasteiger charge is 2.17. The maximum atomic E-state index is 2.45. The molecule has 0 radical (unpaired) electrons. The van der Waals surface area contributed by atoms with Crippen LogP contribution in [0.1, 0.15) is 38.8 Å². The molecule has 2 heterocycles. The molecule has 0 saturated heterocycles. The molecule has 2 heteroatoms. The second kappa shape index (κ2) is 15.6. The summed E-state index contributed by atoms with van der Waals surface area (Å²) in [5, 5.41) is 6.25. The molecule has 0 N–H and O–H groups in total. The van der Waals surface area contributed by atoms with Gasteiger partial charge in [-0.1, -0.05) is 149 Å². The minimum Gasteiger partial charge on any atom is -0.317 e. The summed E-state index contributed by atoms with van der Waals surface area (Å²) in [6.45, 7) is 12.4. The number of aromatic nitrogens is 2. The van der Waals surface area contributed by atoms with Crippen molar-refractivity contribution in [3.05, 3.63) is 193 Å². The van der Waals surface area contributed by atoms with Crippen molar-refractivity contribution < 1.29 is 0 Å². The van der Waals surface area contributed by atoms with Crippen molar-refractivity contribution in [1.82, 2.24) is 9.13 Å². The minimum atomic E-state index is 1.16. The summed E-state index contributed by atoms with van der Waals surface area (Å²) >= 11 is 0. The Bertz CT molecular complexity index is 2960. The number of aryl methyl sites for hydroxylation is 2. The number of nitrogens with zero attached hydrogens (tertiary/aromatic N) is 2. The molecular formula is C54H48N2. The van der Waals surface area contributed by atoms with Crippen molar-refractivity contribution in [2.24, 2.45) is 0 Å². The van der Waals surface area contributed by atoms with E-state index in [0.717, 1.165) is 5.69 Å². The first kappa shape index (κ1) is 36.3. The molecule has 0 atom stereocenters. The summed E-state index contributed by atoms with van der Waals surface area (Å²) in [5.41, 5.74) is 16.0. The third-order valence-electron chi connectivity index (χ3n) is 10.8. The lowest BCUT2D eigenvalue weighted by molar-refractivity contribution is 1.12. The summed E-state index contributed by atoms with van der Waals surface area (Å²) in [6.07, 6.45) is 2.20. The highest BCUT2D eigenvalue weighted by atomic mass is 15.0. The van der Waals surface area contributed by atoms with Crippen LogP contribution in [-0.2, 0) is 0 Å². The smallest absolute Gasteiger partial charge is 0.0619 e. The van der Waals surface area contributed by atoms with Crippen molar-refractivity contribution in [3.8, 4) is 44.8 Å². The molecule has 0 saturated carbocycles. The van der Waals surface area contributed by atoms with E-state index < -0.39 is 0 Å². The Hall–Kier alpha value is -6.64. The van der Waals surface area contributed by atoms with Crippen LogP contribution in [0.5, 0.6) is 0 Å². The van der Waals surface area contributed by atoms with Gasteiger partial charge in [-0.05, 0) is 118 Å². The Balaban J connectivity index is 0.00000107. The highest BCUT2D eigenvalue weighted by Crippen LogP contribution is 2.39. The average molecular weight is 725 g/mol. The molecule has 2 nitrogen and oxygen atoms in total. The number of fused-ring (bicyclic) bond motifs is 6. The van der Waals surface area contributed by atoms with Gasteiger partial charge in [0.05, 0.1) is 16.6 Å². The molecule has 56 heavy (non-hydrogen) atoms. The number of benzene rings is 8. The number of hydrogen-bond acceptors (Lipinski definition) is 0. The second-order valence-corrected chi connectivity index (χ2v) is 13.9. The molecule has 10 aromatic rings. The molecule has 0 spiro atoms. The normalized spacial score (nSPS) is 11.0. The summed E-state index contributed by atoms with van der Waals surface area (Å²) in [4.78, 5) is 0. The molecule has 0 aliphatic carbocycles. The van der Waals surface area contributed by atoms with Crippen molar-refractivity contribution >= 4 is 43.5 Å². The fourth-order valence-corrected chi connectivity index (χ4v) is 8.13. The summed E-state index contributed by atoms with van der Waals surface area (Å²) in [6, 6.07) is 64.4. The SMILES string of the molecule is CC.CC.Cc1ccccc1-c1cc(-n2ccc3cc(-c4ccc5c(c4)c4ccc6ccccc6c4n5-c4ccc(-c5ccccc5)cc4)ccc32)ccc1C. The first-order valence-corrected chi connectivity index (χ1v) is 20.0. The quantitative estimate of drug-likeness (QED) is 0.167. The van der Waals surface area contributed by atoms with Gasteiger partial charge < -0.3 is 9.13 Å². The van der Waals surface area contributed by atoms with Gasteiger partial charge in [0.25, 0.3) is 0 Å². The van der Waals surface area contributed by atoms with Crippen LogP contribution in [0, 0.1) is 13.8 Å². The largest absolute Gasteiger partial charge is 0.317 e. The van der Waals surface area contributed by atoms with Gasteiger partial charge in [-0.3, -0.25) is 0 Å². The van der Waals surface area contributed by atoms with E-state index >= 15 is 0 Å². The average Bonchev–Trinajstić information content (AvgIpc) is 3.85. The maximum absolute atomic E-state index is 2.45. The fourth-order valence-electron chi connectivity index (χ4n) is 8.13. The van der Waals surface area contributed by atoms with E-state index in [1.165, 1.54) is 93.7 Å². The van der Waals surface area contributed by atoms with Crippen molar-refractivity contribution in [2.45, 2.75) is 41.5 Å². The van der Waals surface area contributed by atoms with E-state index in [4.69, 9.17) is 0 Å². The minimum absolute atomic E-state index is 1.16. The highest BCUT2D eigenvalue weighted by molar-refractivity contribution is 6.19. The molecule has 0 aliphatic heterocycles. The van der Waals surface area contributed by atoms with Gasteiger partial charge in [0.1, 0.15) is 0 Å². The molecule has 0 aliphatic rings. The number of rotatable bonds is 5. The van der Waals surface area contributed by atoms with Crippen molar-refractivity contribution in [3.63, 3.8) is 0 Å². The van der Waals surface area contributed by atoms with Crippen molar-refractivity contribution in [1.29, 1.82) is 0 Å². The topological polar surface area (TPSA) is 9.86 Å². The zero-order chi connectivity index (χ0) is 38.8. The van der Waals surface area contributed by atoms with Gasteiger partial charge >= 0.3 is 0 Å². The van der Waals surface area contributed by atoms with Crippen LogP contribution < -0.4 is 0 Å². The third-order valence-corrected chi connectivity index (χ3v) is 10.8. The summed E-state index contributed by atoms with van der Waals surface area (Å²) < 4.78 is 4.76. The Morgan fingerprint density at radius 2 is 0.982 bits per heavy atom. The lowest BCUT2D eigenvalue weighted by Gasteiger charge is -2.13. The molecule has 274 valence electrons. The summed E-state index contributed by atoms with van der Waals surface area (Å²) in [7, 11) is 0. The Kier molecular flexibility index (Phi) is 10.1. The van der Waals surface area contributed by atoms with Crippen LogP contribution in [0.25, 0.3) is 88.2 Å². The van der Waals surface area contributed by atoms with Gasteiger partial charge in [-0.15, -0.1) is 0 Å². The Morgan fingerprint density at radius 3 is 1.77 bits per heavy atom. The Morgan fingerprint density at radius 1 is 0.357 bits per heavy atom. The third kappa shape index (κ3) is 6.37. The van der Waals surface area contributed by atoms with Gasteiger partial charge in [0.2, 0.25) is 0 Å². The van der Waals surface area contributed by atoms with E-state index in [1.54, 1.807) is 0 Å². The molecule has 0 amide bonds. The van der Waals surface area contributed by atoms with Gasteiger partial charge in [-0.2, -0.15) is 0 Å².